The minimum absolute atomic E-state index is 0.0404. The van der Waals surface area contributed by atoms with E-state index in [1.54, 1.807) is 0 Å². The molecule has 0 radical (unpaired) electrons. The maximum Gasteiger partial charge on any atom is 0.264 e. The van der Waals surface area contributed by atoms with E-state index >= 15 is 0 Å². The molecule has 1 saturated carbocycles. The van der Waals surface area contributed by atoms with Crippen molar-refractivity contribution in [3.63, 3.8) is 0 Å². The zero-order chi connectivity index (χ0) is 12.4. The van der Waals surface area contributed by atoms with Gasteiger partial charge in [-0.05, 0) is 54.2 Å². The fourth-order valence-electron chi connectivity index (χ4n) is 2.58. The minimum Gasteiger partial charge on any atom is -0.309 e. The first-order valence-corrected chi connectivity index (χ1v) is 7.48. The van der Waals surface area contributed by atoms with Crippen molar-refractivity contribution in [1.82, 2.24) is 9.97 Å². The van der Waals surface area contributed by atoms with E-state index in [0.717, 1.165) is 46.7 Å². The Labute approximate surface area is 116 Å². The van der Waals surface area contributed by atoms with Crippen molar-refractivity contribution in [2.75, 3.05) is 0 Å². The average Bonchev–Trinajstić information content (AvgIpc) is 2.71. The first-order chi connectivity index (χ1) is 8.11. The van der Waals surface area contributed by atoms with Gasteiger partial charge < -0.3 is 4.98 Å². The minimum atomic E-state index is 0.0404. The summed E-state index contributed by atoms with van der Waals surface area (Å²) in [6.45, 7) is 4.40. The van der Waals surface area contributed by atoms with Crippen molar-refractivity contribution < 1.29 is 0 Å². The lowest BCUT2D eigenvalue weighted by molar-refractivity contribution is 0.581. The summed E-state index contributed by atoms with van der Waals surface area (Å²) in [5, 5.41) is 0. The highest BCUT2D eigenvalue weighted by Gasteiger charge is 2.25. The van der Waals surface area contributed by atoms with Gasteiger partial charge in [-0.3, -0.25) is 4.79 Å². The topological polar surface area (TPSA) is 45.8 Å². The largest absolute Gasteiger partial charge is 0.309 e. The lowest BCUT2D eigenvalue weighted by atomic mass is 10.1. The molecule has 1 aromatic heterocycles. The summed E-state index contributed by atoms with van der Waals surface area (Å²) in [6.07, 6.45) is 5.51. The van der Waals surface area contributed by atoms with Gasteiger partial charge in [0.2, 0.25) is 0 Å². The number of nitrogens with zero attached hydrogens (tertiary/aromatic N) is 1. The van der Waals surface area contributed by atoms with Crippen LogP contribution in [0.4, 0.5) is 0 Å². The maximum atomic E-state index is 11.9. The molecule has 0 amide bonds. The lowest BCUT2D eigenvalue weighted by Crippen LogP contribution is -2.19. The third-order valence-corrected chi connectivity index (χ3v) is 4.63. The number of aryl methyl sites for hydroxylation is 1. The van der Waals surface area contributed by atoms with Crippen molar-refractivity contribution in [3.8, 4) is 0 Å². The van der Waals surface area contributed by atoms with Gasteiger partial charge in [0.15, 0.2) is 0 Å². The fraction of sp³-hybridized carbons (Fsp3) is 0.692. The molecule has 1 N–H and O–H groups in total. The van der Waals surface area contributed by atoms with Gasteiger partial charge >= 0.3 is 0 Å². The van der Waals surface area contributed by atoms with E-state index < -0.39 is 0 Å². The van der Waals surface area contributed by atoms with Crippen LogP contribution in [0.3, 0.4) is 0 Å². The Balaban J connectivity index is 2.32. The van der Waals surface area contributed by atoms with Crippen LogP contribution in [-0.4, -0.2) is 9.97 Å². The molecule has 0 saturated heterocycles. The molecule has 1 aliphatic carbocycles. The normalized spacial score (nSPS) is 24.2. The average molecular weight is 346 g/mol. The Kier molecular flexibility index (Phi) is 4.22. The molecule has 4 heteroatoms. The Morgan fingerprint density at radius 2 is 2.24 bits per heavy atom. The molecule has 1 fully saturated rings. The predicted octanol–water partition coefficient (Wildman–Crippen LogP) is 3.23. The molecule has 1 aliphatic rings. The van der Waals surface area contributed by atoms with Crippen molar-refractivity contribution in [2.45, 2.75) is 51.9 Å². The molecule has 0 aliphatic heterocycles. The number of halogens is 1. The maximum absolute atomic E-state index is 11.9. The number of nitrogens with one attached hydrogen (secondary N) is 1. The van der Waals surface area contributed by atoms with Crippen molar-refractivity contribution in [1.29, 1.82) is 0 Å². The Morgan fingerprint density at radius 1 is 1.47 bits per heavy atom. The van der Waals surface area contributed by atoms with Gasteiger partial charge in [-0.2, -0.15) is 0 Å². The predicted molar refractivity (Wildman–Crippen MR) is 77.3 cm³/mol. The molecule has 0 aromatic carbocycles. The standard InChI is InChI=1S/C13H19IN2O/c1-3-4-10-11(14)13(17)16-12(15-10)9-6-5-8(2)7-9/h8-9H,3-7H2,1-2H3,(H,15,16,17). The van der Waals surface area contributed by atoms with E-state index in [1.807, 2.05) is 0 Å². The molecule has 17 heavy (non-hydrogen) atoms. The summed E-state index contributed by atoms with van der Waals surface area (Å²) >= 11 is 2.11. The summed E-state index contributed by atoms with van der Waals surface area (Å²) in [5.41, 5.74) is 1.02. The van der Waals surface area contributed by atoms with Crippen LogP contribution in [0, 0.1) is 9.49 Å². The molecular weight excluding hydrogens is 327 g/mol. The highest BCUT2D eigenvalue weighted by molar-refractivity contribution is 14.1. The smallest absolute Gasteiger partial charge is 0.264 e. The van der Waals surface area contributed by atoms with E-state index in [0.29, 0.717) is 5.92 Å². The highest BCUT2D eigenvalue weighted by atomic mass is 127. The summed E-state index contributed by atoms with van der Waals surface area (Å²) in [6, 6.07) is 0. The third-order valence-electron chi connectivity index (χ3n) is 3.52. The molecule has 2 unspecified atom stereocenters. The Bertz CT molecular complexity index is 455. The fourth-order valence-corrected chi connectivity index (χ4v) is 3.10. The summed E-state index contributed by atoms with van der Waals surface area (Å²) in [7, 11) is 0. The second kappa shape index (κ2) is 5.50. The van der Waals surface area contributed by atoms with E-state index in [1.165, 1.54) is 6.42 Å². The van der Waals surface area contributed by atoms with Crippen LogP contribution < -0.4 is 5.56 Å². The zero-order valence-corrected chi connectivity index (χ0v) is 12.6. The Morgan fingerprint density at radius 3 is 2.82 bits per heavy atom. The number of rotatable bonds is 3. The second-order valence-electron chi connectivity index (χ2n) is 5.08. The highest BCUT2D eigenvalue weighted by Crippen LogP contribution is 2.36. The number of aromatic amines is 1. The van der Waals surface area contributed by atoms with Gasteiger partial charge in [-0.25, -0.2) is 4.98 Å². The molecule has 2 atom stereocenters. The van der Waals surface area contributed by atoms with Crippen molar-refractivity contribution in [3.05, 3.63) is 25.4 Å². The van der Waals surface area contributed by atoms with Gasteiger partial charge in [-0.1, -0.05) is 20.3 Å². The number of hydrogen-bond acceptors (Lipinski definition) is 2. The first kappa shape index (κ1) is 13.1. The van der Waals surface area contributed by atoms with Gasteiger partial charge in [0.25, 0.3) is 5.56 Å². The first-order valence-electron chi connectivity index (χ1n) is 6.40. The third kappa shape index (κ3) is 2.89. The molecule has 94 valence electrons. The SMILES string of the molecule is CCCc1nc(C2CCC(C)C2)[nH]c(=O)c1I. The van der Waals surface area contributed by atoms with E-state index in [4.69, 9.17) is 0 Å². The molecule has 2 rings (SSSR count). The summed E-state index contributed by atoms with van der Waals surface area (Å²) in [4.78, 5) is 19.5. The Hall–Kier alpha value is -0.390. The van der Waals surface area contributed by atoms with Crippen LogP contribution in [0.25, 0.3) is 0 Å². The summed E-state index contributed by atoms with van der Waals surface area (Å²) in [5.74, 6) is 2.15. The lowest BCUT2D eigenvalue weighted by Gasteiger charge is -2.11. The zero-order valence-electron chi connectivity index (χ0n) is 10.4. The van der Waals surface area contributed by atoms with Gasteiger partial charge in [0.1, 0.15) is 5.82 Å². The summed E-state index contributed by atoms with van der Waals surface area (Å²) < 4.78 is 0.763. The van der Waals surface area contributed by atoms with Gasteiger partial charge in [-0.15, -0.1) is 0 Å². The van der Waals surface area contributed by atoms with Crippen LogP contribution in [0.5, 0.6) is 0 Å². The van der Waals surface area contributed by atoms with Crippen molar-refractivity contribution >= 4 is 22.6 Å². The number of hydrogen-bond donors (Lipinski definition) is 1. The molecule has 3 nitrogen and oxygen atoms in total. The van der Waals surface area contributed by atoms with Gasteiger partial charge in [0.05, 0.1) is 9.26 Å². The van der Waals surface area contributed by atoms with Crippen LogP contribution in [0.1, 0.15) is 57.0 Å². The number of H-pyrrole nitrogens is 1. The second-order valence-corrected chi connectivity index (χ2v) is 6.16. The van der Waals surface area contributed by atoms with E-state index in [-0.39, 0.29) is 5.56 Å². The van der Waals surface area contributed by atoms with Crippen LogP contribution >= 0.6 is 22.6 Å². The number of aromatic nitrogens is 2. The monoisotopic (exact) mass is 346 g/mol. The molecular formula is C13H19IN2O. The van der Waals surface area contributed by atoms with Crippen LogP contribution in [-0.2, 0) is 6.42 Å². The van der Waals surface area contributed by atoms with E-state index in [2.05, 4.69) is 46.4 Å². The van der Waals surface area contributed by atoms with Gasteiger partial charge in [0, 0.05) is 5.92 Å². The molecule has 0 bridgehead atoms. The quantitative estimate of drug-likeness (QED) is 0.855. The molecule has 0 spiro atoms. The van der Waals surface area contributed by atoms with E-state index in [9.17, 15) is 4.79 Å². The van der Waals surface area contributed by atoms with Crippen LogP contribution in [0.15, 0.2) is 4.79 Å². The molecule has 1 heterocycles. The van der Waals surface area contributed by atoms with Crippen LogP contribution in [0.2, 0.25) is 0 Å². The van der Waals surface area contributed by atoms with Crippen molar-refractivity contribution in [2.24, 2.45) is 5.92 Å². The molecule has 1 aromatic rings.